The molecule has 0 aliphatic carbocycles. The predicted molar refractivity (Wildman–Crippen MR) is 128 cm³/mol. The van der Waals surface area contributed by atoms with E-state index in [1.165, 1.54) is 5.56 Å². The summed E-state index contributed by atoms with van der Waals surface area (Å²) in [6.07, 6.45) is 2.69. The van der Waals surface area contributed by atoms with E-state index in [0.717, 1.165) is 47.0 Å². The van der Waals surface area contributed by atoms with Crippen LogP contribution >= 0.6 is 8.58 Å². The second kappa shape index (κ2) is 13.8. The van der Waals surface area contributed by atoms with Gasteiger partial charge in [-0.1, -0.05) is 38.5 Å². The molecule has 2 aromatic carbocycles. The first-order valence-corrected chi connectivity index (χ1v) is 11.9. The van der Waals surface area contributed by atoms with Gasteiger partial charge in [0.2, 0.25) is 0 Å². The molecule has 0 fully saturated rings. The average molecular weight is 438 g/mol. The summed E-state index contributed by atoms with van der Waals surface area (Å²) in [6, 6.07) is 7.92. The molecule has 0 amide bonds. The Hall–Kier alpha value is -1.46. The molecule has 0 aliphatic rings. The molecule has 2 aromatic rings. The van der Waals surface area contributed by atoms with Crippen LogP contribution in [0.5, 0.6) is 17.2 Å². The standard InChI is InChI=1S/C25H35O4P.Li.H/c1-7-10-27-20-15-21(28-11-8-2)24(22(16-20)29-12-9-3)30-25(26)23-18(5)13-17(4)14-19(23)6;;/h13-16,30H,7-12H2,1-6H3;;/q;+1;-1. The number of benzene rings is 2. The summed E-state index contributed by atoms with van der Waals surface area (Å²) in [5.74, 6) is 2.09. The van der Waals surface area contributed by atoms with Gasteiger partial charge in [0.05, 0.1) is 25.1 Å². The normalized spacial score (nSPS) is 10.8. The van der Waals surface area contributed by atoms with Gasteiger partial charge in [-0.15, -0.1) is 0 Å². The quantitative estimate of drug-likeness (QED) is 0.377. The first kappa shape index (κ1) is 27.6. The molecule has 2 rings (SSSR count). The zero-order valence-corrected chi connectivity index (χ0v) is 21.2. The molecule has 0 saturated heterocycles. The van der Waals surface area contributed by atoms with E-state index >= 15 is 0 Å². The molecule has 0 saturated carbocycles. The molecular weight excluding hydrogens is 402 g/mol. The molecule has 4 nitrogen and oxygen atoms in total. The summed E-state index contributed by atoms with van der Waals surface area (Å²) >= 11 is 0. The van der Waals surface area contributed by atoms with Crippen molar-refractivity contribution in [2.75, 3.05) is 19.8 Å². The van der Waals surface area contributed by atoms with Crippen molar-refractivity contribution in [3.63, 3.8) is 0 Å². The maximum atomic E-state index is 13.3. The fourth-order valence-electron chi connectivity index (χ4n) is 3.36. The fourth-order valence-corrected chi connectivity index (χ4v) is 4.64. The number of hydrogen-bond donors (Lipinski definition) is 0. The first-order chi connectivity index (χ1) is 14.4. The number of rotatable bonds is 12. The molecule has 6 heteroatoms. The van der Waals surface area contributed by atoms with Gasteiger partial charge in [-0.05, 0) is 59.7 Å². The molecule has 0 heterocycles. The summed E-state index contributed by atoms with van der Waals surface area (Å²) in [5, 5.41) is 0.824. The number of aryl methyl sites for hydroxylation is 3. The van der Waals surface area contributed by atoms with Gasteiger partial charge in [-0.25, -0.2) is 0 Å². The van der Waals surface area contributed by atoms with Gasteiger partial charge in [-0.3, -0.25) is 4.79 Å². The monoisotopic (exact) mass is 438 g/mol. The second-order valence-electron chi connectivity index (χ2n) is 7.57. The van der Waals surface area contributed by atoms with Crippen molar-refractivity contribution in [2.24, 2.45) is 0 Å². The molecule has 31 heavy (non-hydrogen) atoms. The van der Waals surface area contributed by atoms with E-state index in [2.05, 4.69) is 39.8 Å². The maximum absolute atomic E-state index is 13.3. The van der Waals surface area contributed by atoms with Crippen molar-refractivity contribution in [3.8, 4) is 17.2 Å². The van der Waals surface area contributed by atoms with Crippen molar-refractivity contribution in [1.29, 1.82) is 0 Å². The van der Waals surface area contributed by atoms with Crippen LogP contribution in [0, 0.1) is 20.8 Å². The molecule has 0 aliphatic heterocycles. The molecule has 0 bridgehead atoms. The zero-order valence-electron chi connectivity index (χ0n) is 21.2. The largest absolute Gasteiger partial charge is 1.00 e. The van der Waals surface area contributed by atoms with E-state index in [1.807, 2.05) is 26.0 Å². The Kier molecular flexibility index (Phi) is 12.3. The molecule has 0 N–H and O–H groups in total. The molecule has 0 spiro atoms. The van der Waals surface area contributed by atoms with Gasteiger partial charge in [0.25, 0.3) is 0 Å². The van der Waals surface area contributed by atoms with Crippen LogP contribution in [-0.4, -0.2) is 25.3 Å². The summed E-state index contributed by atoms with van der Waals surface area (Å²) in [7, 11) is -0.0803. The Morgan fingerprint density at radius 2 is 1.26 bits per heavy atom. The van der Waals surface area contributed by atoms with Crippen molar-refractivity contribution < 1.29 is 39.3 Å². The van der Waals surface area contributed by atoms with Crippen LogP contribution in [0.4, 0.5) is 0 Å². The van der Waals surface area contributed by atoms with Gasteiger partial charge >= 0.3 is 18.9 Å². The topological polar surface area (TPSA) is 44.8 Å². The van der Waals surface area contributed by atoms with E-state index in [0.29, 0.717) is 31.3 Å². The van der Waals surface area contributed by atoms with Crippen molar-refractivity contribution in [1.82, 2.24) is 0 Å². The minimum atomic E-state index is -0.0803. The zero-order chi connectivity index (χ0) is 22.1. The summed E-state index contributed by atoms with van der Waals surface area (Å²) in [4.78, 5) is 13.3. The average Bonchev–Trinajstić information content (AvgIpc) is 2.69. The molecule has 0 aromatic heterocycles. The minimum Gasteiger partial charge on any atom is -1.00 e. The summed E-state index contributed by atoms with van der Waals surface area (Å²) < 4.78 is 17.9. The Morgan fingerprint density at radius 3 is 1.71 bits per heavy atom. The smallest absolute Gasteiger partial charge is 1.00 e. The van der Waals surface area contributed by atoms with Crippen LogP contribution in [0.2, 0.25) is 0 Å². The third kappa shape index (κ3) is 7.87. The van der Waals surface area contributed by atoms with E-state index in [9.17, 15) is 4.79 Å². The van der Waals surface area contributed by atoms with Crippen LogP contribution in [0.25, 0.3) is 0 Å². The van der Waals surface area contributed by atoms with Crippen LogP contribution in [0.1, 0.15) is 68.5 Å². The maximum Gasteiger partial charge on any atom is 1.00 e. The third-order valence-corrected chi connectivity index (χ3v) is 5.80. The van der Waals surface area contributed by atoms with Crippen molar-refractivity contribution >= 4 is 19.4 Å². The Morgan fingerprint density at radius 1 is 0.806 bits per heavy atom. The predicted octanol–water partition coefficient (Wildman–Crippen LogP) is 3.24. The first-order valence-electron chi connectivity index (χ1n) is 10.9. The number of hydrogen-bond acceptors (Lipinski definition) is 4. The van der Waals surface area contributed by atoms with Crippen LogP contribution in [0.15, 0.2) is 24.3 Å². The third-order valence-electron chi connectivity index (χ3n) is 4.58. The second-order valence-corrected chi connectivity index (χ2v) is 8.77. The fraction of sp³-hybridized carbons (Fsp3) is 0.480. The van der Waals surface area contributed by atoms with E-state index < -0.39 is 0 Å². The van der Waals surface area contributed by atoms with Gasteiger partial charge in [-0.2, -0.15) is 0 Å². The molecule has 1 unspecified atom stereocenters. The van der Waals surface area contributed by atoms with Gasteiger partial charge in [0.15, 0.2) is 5.52 Å². The van der Waals surface area contributed by atoms with Crippen LogP contribution in [0.3, 0.4) is 0 Å². The summed E-state index contributed by atoms with van der Waals surface area (Å²) in [6.45, 7) is 14.1. The van der Waals surface area contributed by atoms with Crippen LogP contribution in [-0.2, 0) is 0 Å². The van der Waals surface area contributed by atoms with Crippen molar-refractivity contribution in [2.45, 2.75) is 60.8 Å². The Bertz CT molecular complexity index is 821. The molecular formula is C25H36LiO4P. The number of ether oxygens (including phenoxy) is 3. The summed E-state index contributed by atoms with van der Waals surface area (Å²) in [5.41, 5.74) is 4.10. The number of carbonyl (C=O) groups excluding carboxylic acids is 1. The van der Waals surface area contributed by atoms with E-state index in [1.54, 1.807) is 0 Å². The Labute approximate surface area is 202 Å². The van der Waals surface area contributed by atoms with Gasteiger partial charge < -0.3 is 15.6 Å². The molecule has 166 valence electrons. The van der Waals surface area contributed by atoms with Crippen molar-refractivity contribution in [3.05, 3.63) is 46.5 Å². The van der Waals surface area contributed by atoms with Gasteiger partial charge in [0, 0.05) is 17.7 Å². The SMILES string of the molecule is CCCOc1cc(OCCC)c(PC(=O)c2c(C)cc(C)cc2C)c(OCCC)c1.[H-].[Li+]. The minimum absolute atomic E-state index is 0. The van der Waals surface area contributed by atoms with Gasteiger partial charge in [0.1, 0.15) is 17.2 Å². The molecule has 0 radical (unpaired) electrons. The van der Waals surface area contributed by atoms with E-state index in [4.69, 9.17) is 14.2 Å². The Balaban J connectivity index is 0.00000480. The van der Waals surface area contributed by atoms with Crippen LogP contribution < -0.4 is 38.4 Å². The number of carbonyl (C=O) groups is 1. The molecule has 1 atom stereocenters. The van der Waals surface area contributed by atoms with E-state index in [-0.39, 0.29) is 34.4 Å².